The molecule has 0 amide bonds. The Kier molecular flexibility index (Phi) is 3.37. The second kappa shape index (κ2) is 4.94. The zero-order valence-electron chi connectivity index (χ0n) is 9.16. The second-order valence-corrected chi connectivity index (χ2v) is 3.76. The average molecular weight is 219 g/mol. The van der Waals surface area contributed by atoms with Gasteiger partial charge in [0.05, 0.1) is 12.8 Å². The lowest BCUT2D eigenvalue weighted by molar-refractivity contribution is 0.480. The maximum absolute atomic E-state index is 12.6. The van der Waals surface area contributed by atoms with Crippen LogP contribution in [0, 0.1) is 12.7 Å². The van der Waals surface area contributed by atoms with E-state index in [1.54, 1.807) is 18.4 Å². The maximum Gasteiger partial charge on any atom is 0.123 e. The van der Waals surface area contributed by atoms with Crippen molar-refractivity contribution in [3.8, 4) is 0 Å². The first-order chi connectivity index (χ1) is 7.75. The van der Waals surface area contributed by atoms with Crippen molar-refractivity contribution < 1.29 is 8.81 Å². The van der Waals surface area contributed by atoms with Gasteiger partial charge < -0.3 is 9.73 Å². The number of rotatable bonds is 4. The normalized spacial score (nSPS) is 10.6. The van der Waals surface area contributed by atoms with Crippen LogP contribution in [0.4, 0.5) is 4.39 Å². The van der Waals surface area contributed by atoms with E-state index < -0.39 is 0 Å². The smallest absolute Gasteiger partial charge is 0.123 e. The van der Waals surface area contributed by atoms with Gasteiger partial charge in [-0.25, -0.2) is 4.39 Å². The van der Waals surface area contributed by atoms with E-state index in [9.17, 15) is 4.39 Å². The summed E-state index contributed by atoms with van der Waals surface area (Å²) < 4.78 is 17.9. The molecule has 0 fully saturated rings. The third kappa shape index (κ3) is 2.70. The maximum atomic E-state index is 12.6. The zero-order valence-corrected chi connectivity index (χ0v) is 9.16. The molecule has 0 saturated carbocycles. The van der Waals surface area contributed by atoms with Crippen molar-refractivity contribution in [1.82, 2.24) is 5.32 Å². The third-order valence-electron chi connectivity index (χ3n) is 2.50. The molecule has 1 N–H and O–H groups in total. The topological polar surface area (TPSA) is 25.2 Å². The van der Waals surface area contributed by atoms with Gasteiger partial charge in [-0.2, -0.15) is 0 Å². The molecule has 0 aliphatic rings. The van der Waals surface area contributed by atoms with Crippen molar-refractivity contribution in [3.05, 3.63) is 59.3 Å². The van der Waals surface area contributed by atoms with E-state index in [1.807, 2.05) is 13.0 Å². The summed E-state index contributed by atoms with van der Waals surface area (Å²) >= 11 is 0. The van der Waals surface area contributed by atoms with E-state index in [0.717, 1.165) is 16.9 Å². The first kappa shape index (κ1) is 10.9. The molecule has 0 aliphatic heterocycles. The van der Waals surface area contributed by atoms with Crippen molar-refractivity contribution in [2.24, 2.45) is 0 Å². The van der Waals surface area contributed by atoms with E-state index in [-0.39, 0.29) is 5.82 Å². The average Bonchev–Trinajstić information content (AvgIpc) is 2.68. The molecule has 2 aromatic rings. The molecular weight excluding hydrogens is 205 g/mol. The molecular formula is C13H14FNO. The summed E-state index contributed by atoms with van der Waals surface area (Å²) in [5.41, 5.74) is 2.21. The van der Waals surface area contributed by atoms with Crippen LogP contribution in [0.15, 0.2) is 41.0 Å². The van der Waals surface area contributed by atoms with Crippen molar-refractivity contribution in [2.75, 3.05) is 0 Å². The Morgan fingerprint density at radius 1 is 1.12 bits per heavy atom. The molecule has 1 aromatic carbocycles. The first-order valence-electron chi connectivity index (χ1n) is 5.24. The van der Waals surface area contributed by atoms with E-state index in [0.29, 0.717) is 13.1 Å². The van der Waals surface area contributed by atoms with Gasteiger partial charge in [-0.15, -0.1) is 0 Å². The second-order valence-electron chi connectivity index (χ2n) is 3.76. The predicted octanol–water partition coefficient (Wildman–Crippen LogP) is 3.02. The quantitative estimate of drug-likeness (QED) is 0.855. The van der Waals surface area contributed by atoms with Crippen molar-refractivity contribution in [1.29, 1.82) is 0 Å². The van der Waals surface area contributed by atoms with Crippen LogP contribution < -0.4 is 5.32 Å². The minimum Gasteiger partial charge on any atom is -0.468 e. The summed E-state index contributed by atoms with van der Waals surface area (Å²) in [5, 5.41) is 3.25. The van der Waals surface area contributed by atoms with E-state index in [2.05, 4.69) is 5.32 Å². The lowest BCUT2D eigenvalue weighted by Gasteiger charge is -2.03. The molecule has 1 heterocycles. The van der Waals surface area contributed by atoms with Crippen molar-refractivity contribution >= 4 is 0 Å². The summed E-state index contributed by atoms with van der Waals surface area (Å²) in [6.45, 7) is 3.41. The molecule has 1 aromatic heterocycles. The van der Waals surface area contributed by atoms with Crippen LogP contribution >= 0.6 is 0 Å². The lowest BCUT2D eigenvalue weighted by atomic mass is 10.2. The van der Waals surface area contributed by atoms with Gasteiger partial charge >= 0.3 is 0 Å². The predicted molar refractivity (Wildman–Crippen MR) is 60.4 cm³/mol. The largest absolute Gasteiger partial charge is 0.468 e. The van der Waals surface area contributed by atoms with Crippen LogP contribution in [0.3, 0.4) is 0 Å². The van der Waals surface area contributed by atoms with Gasteiger partial charge in [-0.05, 0) is 36.2 Å². The van der Waals surface area contributed by atoms with E-state index in [4.69, 9.17) is 4.42 Å². The molecule has 0 saturated heterocycles. The number of furan rings is 1. The van der Waals surface area contributed by atoms with Gasteiger partial charge in [-0.3, -0.25) is 0 Å². The fourth-order valence-electron chi connectivity index (χ4n) is 1.51. The van der Waals surface area contributed by atoms with Crippen LogP contribution in [-0.2, 0) is 13.1 Å². The molecule has 0 spiro atoms. The number of aryl methyl sites for hydroxylation is 1. The Labute approximate surface area is 94.1 Å². The van der Waals surface area contributed by atoms with Gasteiger partial charge in [0.1, 0.15) is 11.6 Å². The highest BCUT2D eigenvalue weighted by molar-refractivity contribution is 5.17. The standard InChI is InChI=1S/C13H14FNO/c1-10-6-7-16-13(10)9-15-8-11-2-4-12(14)5-3-11/h2-7,15H,8-9H2,1H3. The van der Waals surface area contributed by atoms with Gasteiger partial charge in [0.15, 0.2) is 0 Å². The molecule has 2 nitrogen and oxygen atoms in total. The van der Waals surface area contributed by atoms with Gasteiger partial charge in [0, 0.05) is 6.54 Å². The molecule has 2 rings (SSSR count). The number of hydrogen-bond donors (Lipinski definition) is 1. The summed E-state index contributed by atoms with van der Waals surface area (Å²) in [4.78, 5) is 0. The molecule has 0 atom stereocenters. The monoisotopic (exact) mass is 219 g/mol. The fraction of sp³-hybridized carbons (Fsp3) is 0.231. The van der Waals surface area contributed by atoms with Crippen molar-refractivity contribution in [2.45, 2.75) is 20.0 Å². The summed E-state index contributed by atoms with van der Waals surface area (Å²) in [6.07, 6.45) is 1.68. The molecule has 0 radical (unpaired) electrons. The Morgan fingerprint density at radius 2 is 1.88 bits per heavy atom. The van der Waals surface area contributed by atoms with Crippen LogP contribution in [0.2, 0.25) is 0 Å². The minimum atomic E-state index is -0.203. The van der Waals surface area contributed by atoms with Crippen molar-refractivity contribution in [3.63, 3.8) is 0 Å². The summed E-state index contributed by atoms with van der Waals surface area (Å²) in [5.74, 6) is 0.743. The van der Waals surface area contributed by atoms with Crippen LogP contribution in [0.5, 0.6) is 0 Å². The van der Waals surface area contributed by atoms with Crippen LogP contribution in [0.25, 0.3) is 0 Å². The third-order valence-corrected chi connectivity index (χ3v) is 2.50. The fourth-order valence-corrected chi connectivity index (χ4v) is 1.51. The van der Waals surface area contributed by atoms with Gasteiger partial charge in [0.25, 0.3) is 0 Å². The number of nitrogens with one attached hydrogen (secondary N) is 1. The molecule has 84 valence electrons. The first-order valence-corrected chi connectivity index (χ1v) is 5.24. The lowest BCUT2D eigenvalue weighted by Crippen LogP contribution is -2.12. The molecule has 16 heavy (non-hydrogen) atoms. The highest BCUT2D eigenvalue weighted by Gasteiger charge is 2.00. The molecule has 0 unspecified atom stereocenters. The Balaban J connectivity index is 1.84. The highest BCUT2D eigenvalue weighted by atomic mass is 19.1. The Morgan fingerprint density at radius 3 is 2.50 bits per heavy atom. The zero-order chi connectivity index (χ0) is 11.4. The molecule has 0 aliphatic carbocycles. The van der Waals surface area contributed by atoms with Gasteiger partial charge in [-0.1, -0.05) is 12.1 Å². The van der Waals surface area contributed by atoms with Crippen LogP contribution in [0.1, 0.15) is 16.9 Å². The minimum absolute atomic E-state index is 0.203. The number of halogens is 1. The van der Waals surface area contributed by atoms with Gasteiger partial charge in [0.2, 0.25) is 0 Å². The molecule has 0 bridgehead atoms. The van der Waals surface area contributed by atoms with E-state index in [1.165, 1.54) is 12.1 Å². The number of hydrogen-bond acceptors (Lipinski definition) is 2. The molecule has 3 heteroatoms. The Hall–Kier alpha value is -1.61. The highest BCUT2D eigenvalue weighted by Crippen LogP contribution is 2.08. The summed E-state index contributed by atoms with van der Waals surface area (Å²) in [6, 6.07) is 8.42. The van der Waals surface area contributed by atoms with Crippen LogP contribution in [-0.4, -0.2) is 0 Å². The SMILES string of the molecule is Cc1ccoc1CNCc1ccc(F)cc1. The Bertz CT molecular complexity index is 447. The summed E-state index contributed by atoms with van der Waals surface area (Å²) in [7, 11) is 0. The van der Waals surface area contributed by atoms with E-state index >= 15 is 0 Å². The number of benzene rings is 1.